The molecular weight excluding hydrogens is 440 g/mol. The molecule has 8 heteroatoms. The van der Waals surface area contributed by atoms with E-state index in [1.165, 1.54) is 13.0 Å². The van der Waals surface area contributed by atoms with Gasteiger partial charge < -0.3 is 24.1 Å². The Morgan fingerprint density at radius 1 is 1.21 bits per heavy atom. The van der Waals surface area contributed by atoms with Crippen molar-refractivity contribution < 1.29 is 33.7 Å². The summed E-state index contributed by atoms with van der Waals surface area (Å²) in [5, 5.41) is 24.5. The molecule has 2 N–H and O–H groups in total. The van der Waals surface area contributed by atoms with Crippen LogP contribution in [0.1, 0.15) is 60.8 Å². The predicted octanol–water partition coefficient (Wildman–Crippen LogP) is 3.38. The topological polar surface area (TPSA) is 102 Å². The van der Waals surface area contributed by atoms with Gasteiger partial charge in [0.2, 0.25) is 0 Å². The van der Waals surface area contributed by atoms with Crippen molar-refractivity contribution in [3.05, 3.63) is 12.7 Å². The molecule has 0 spiro atoms. The number of aliphatic hydroxyl groups excluding tert-OH is 1. The van der Waals surface area contributed by atoms with Gasteiger partial charge in [0.05, 0.1) is 17.8 Å². The zero-order chi connectivity index (χ0) is 25.4. The Bertz CT molecular complexity index is 850. The van der Waals surface area contributed by atoms with Crippen molar-refractivity contribution in [1.29, 1.82) is 0 Å². The third-order valence-corrected chi connectivity index (χ3v) is 9.47. The summed E-state index contributed by atoms with van der Waals surface area (Å²) in [5.41, 5.74) is -6.49. The molecule has 3 fully saturated rings. The Labute approximate surface area is 199 Å². The zero-order valence-corrected chi connectivity index (χ0v) is 22.7. The number of aliphatic hydroxyl groups is 2. The van der Waals surface area contributed by atoms with Crippen molar-refractivity contribution in [3.63, 3.8) is 0 Å². The first-order valence-corrected chi connectivity index (χ1v) is 15.3. The van der Waals surface area contributed by atoms with Crippen LogP contribution in [0.4, 0.5) is 0 Å². The molecule has 2 saturated carbocycles. The molecule has 1 saturated heterocycles. The van der Waals surface area contributed by atoms with Gasteiger partial charge in [-0.25, -0.2) is 0 Å². The molecule has 0 radical (unpaired) electrons. The van der Waals surface area contributed by atoms with E-state index < -0.39 is 71.9 Å². The first-order valence-electron chi connectivity index (χ1n) is 11.9. The minimum Gasteiger partial charge on any atom is -0.457 e. The van der Waals surface area contributed by atoms with Crippen molar-refractivity contribution in [1.82, 2.24) is 0 Å². The van der Waals surface area contributed by atoms with Crippen LogP contribution in [0.5, 0.6) is 0 Å². The van der Waals surface area contributed by atoms with Gasteiger partial charge >= 0.3 is 5.97 Å². The summed E-state index contributed by atoms with van der Waals surface area (Å²) >= 11 is 0. The monoisotopic (exact) mass is 482 g/mol. The maximum Gasteiger partial charge on any atom is 0.303 e. The number of fused-ring (bicyclic) bond motifs is 3. The summed E-state index contributed by atoms with van der Waals surface area (Å²) in [6, 6.07) is 0. The van der Waals surface area contributed by atoms with E-state index in [0.29, 0.717) is 6.42 Å². The number of rotatable bonds is 4. The fraction of sp³-hybridized carbons (Fsp3) is 0.840. The number of hydrogen-bond donors (Lipinski definition) is 2. The van der Waals surface area contributed by atoms with Gasteiger partial charge in [-0.1, -0.05) is 26.8 Å². The summed E-state index contributed by atoms with van der Waals surface area (Å²) in [6.07, 6.45) is -0.0625. The molecule has 1 aliphatic heterocycles. The Hall–Kier alpha value is -1.06. The van der Waals surface area contributed by atoms with Gasteiger partial charge in [-0.2, -0.15) is 0 Å². The van der Waals surface area contributed by atoms with Gasteiger partial charge in [0.1, 0.15) is 5.60 Å². The lowest BCUT2D eigenvalue weighted by molar-refractivity contribution is -0.369. The summed E-state index contributed by atoms with van der Waals surface area (Å²) in [4.78, 5) is 26.2. The number of ketones is 1. The van der Waals surface area contributed by atoms with E-state index in [9.17, 15) is 19.8 Å². The van der Waals surface area contributed by atoms with Crippen molar-refractivity contribution in [2.75, 3.05) is 0 Å². The highest BCUT2D eigenvalue weighted by atomic mass is 28.4. The lowest BCUT2D eigenvalue weighted by atomic mass is 9.40. The van der Waals surface area contributed by atoms with Gasteiger partial charge in [-0.15, -0.1) is 6.58 Å². The van der Waals surface area contributed by atoms with Crippen molar-refractivity contribution in [2.45, 2.75) is 116 Å². The van der Waals surface area contributed by atoms with E-state index >= 15 is 0 Å². The molecule has 3 aliphatic rings. The molecule has 0 amide bonds. The van der Waals surface area contributed by atoms with E-state index in [1.54, 1.807) is 13.8 Å². The molecule has 8 atom stereocenters. The van der Waals surface area contributed by atoms with Crippen LogP contribution in [0.2, 0.25) is 19.6 Å². The van der Waals surface area contributed by atoms with Crippen molar-refractivity contribution in [2.24, 2.45) is 16.7 Å². The smallest absolute Gasteiger partial charge is 0.303 e. The first kappa shape index (κ1) is 26.5. The van der Waals surface area contributed by atoms with E-state index in [4.69, 9.17) is 13.9 Å². The number of ether oxygens (including phenoxy) is 2. The Balaban J connectivity index is 2.34. The van der Waals surface area contributed by atoms with E-state index in [0.717, 1.165) is 6.42 Å². The molecule has 2 aliphatic carbocycles. The Kier molecular flexibility index (Phi) is 6.21. The molecule has 3 unspecified atom stereocenters. The van der Waals surface area contributed by atoms with E-state index in [1.807, 2.05) is 20.8 Å². The molecule has 33 heavy (non-hydrogen) atoms. The van der Waals surface area contributed by atoms with Crippen LogP contribution in [0, 0.1) is 16.7 Å². The van der Waals surface area contributed by atoms with E-state index in [2.05, 4.69) is 26.2 Å². The minimum atomic E-state index is -2.10. The molecular formula is C25H42O7Si. The largest absolute Gasteiger partial charge is 0.457 e. The van der Waals surface area contributed by atoms with Crippen molar-refractivity contribution in [3.8, 4) is 0 Å². The molecule has 7 nitrogen and oxygen atoms in total. The molecule has 0 aromatic carbocycles. The summed E-state index contributed by atoms with van der Waals surface area (Å²) in [6.45, 7) is 20.5. The summed E-state index contributed by atoms with van der Waals surface area (Å²) in [5.74, 6) is -1.60. The second-order valence-electron chi connectivity index (χ2n) is 12.6. The maximum absolute atomic E-state index is 14.0. The second kappa shape index (κ2) is 7.72. The predicted molar refractivity (Wildman–Crippen MR) is 127 cm³/mol. The molecule has 1 heterocycles. The van der Waals surface area contributed by atoms with Crippen LogP contribution in [-0.4, -0.2) is 65.4 Å². The standard InChI is InChI=1S/C25H42O7Si/c1-11-22(5)14-16(27)25(29)23(6)17(31-33(8,9)10)12-13-21(3,4)19(23)18(28)20(30-15(2)26)24(25,7)32-22/h11,17-20,28-29H,1,12-14H2,2-10H3/t17-,18?,19-,20?,22-,23?,24+,25-/m0/s1. The molecule has 3 rings (SSSR count). The SMILES string of the molecule is C=C[C@@]1(C)CC(=O)[C@]2(O)C3(C)[C@@H](O[Si](C)(C)C)CCC(C)(C)[C@@H]3C(O)C(OC(C)=O)[C@@]2(C)O1. The minimum absolute atomic E-state index is 0.0755. The molecule has 0 aromatic rings. The lowest BCUT2D eigenvalue weighted by Gasteiger charge is -2.72. The number of carbonyl (C=O) groups excluding carboxylic acids is 2. The van der Waals surface area contributed by atoms with Gasteiger partial charge in [0.25, 0.3) is 0 Å². The normalized spacial score (nSPS) is 47.3. The lowest BCUT2D eigenvalue weighted by Crippen LogP contribution is -2.87. The summed E-state index contributed by atoms with van der Waals surface area (Å²) < 4.78 is 18.7. The maximum atomic E-state index is 14.0. The average Bonchev–Trinajstić information content (AvgIpc) is 2.64. The third-order valence-electron chi connectivity index (χ3n) is 8.48. The molecule has 0 bridgehead atoms. The van der Waals surface area contributed by atoms with Crippen molar-refractivity contribution >= 4 is 20.1 Å². The average molecular weight is 483 g/mol. The molecule has 0 aromatic heterocycles. The van der Waals surface area contributed by atoms with Crippen LogP contribution in [0.3, 0.4) is 0 Å². The first-order chi connectivity index (χ1) is 14.8. The van der Waals surface area contributed by atoms with Crippen LogP contribution in [-0.2, 0) is 23.5 Å². The Morgan fingerprint density at radius 2 is 1.79 bits per heavy atom. The fourth-order valence-electron chi connectivity index (χ4n) is 7.25. The highest BCUT2D eigenvalue weighted by Gasteiger charge is 2.81. The highest BCUT2D eigenvalue weighted by molar-refractivity contribution is 6.69. The van der Waals surface area contributed by atoms with Crippen LogP contribution in [0.25, 0.3) is 0 Å². The van der Waals surface area contributed by atoms with Gasteiger partial charge in [-0.3, -0.25) is 9.59 Å². The summed E-state index contributed by atoms with van der Waals surface area (Å²) in [7, 11) is -2.10. The molecule has 188 valence electrons. The van der Waals surface area contributed by atoms with Gasteiger partial charge in [0.15, 0.2) is 25.8 Å². The number of Topliss-reactive ketones (excluding diaryl/α,β-unsaturated/α-hetero) is 1. The fourth-order valence-corrected chi connectivity index (χ4v) is 8.46. The van der Waals surface area contributed by atoms with Crippen LogP contribution >= 0.6 is 0 Å². The van der Waals surface area contributed by atoms with Gasteiger partial charge in [0, 0.05) is 24.7 Å². The number of carbonyl (C=O) groups is 2. The van der Waals surface area contributed by atoms with E-state index in [-0.39, 0.29) is 6.42 Å². The Morgan fingerprint density at radius 3 is 2.27 bits per heavy atom. The quantitative estimate of drug-likeness (QED) is 0.360. The third kappa shape index (κ3) is 3.68. The van der Waals surface area contributed by atoms with Crippen LogP contribution < -0.4 is 0 Å². The number of esters is 1. The highest BCUT2D eigenvalue weighted by Crippen LogP contribution is 2.67. The van der Waals surface area contributed by atoms with Gasteiger partial charge in [-0.05, 0) is 51.7 Å². The number of hydrogen-bond acceptors (Lipinski definition) is 7. The van der Waals surface area contributed by atoms with Crippen LogP contribution in [0.15, 0.2) is 12.7 Å². The zero-order valence-electron chi connectivity index (χ0n) is 21.7. The second-order valence-corrected chi connectivity index (χ2v) is 17.0.